The van der Waals surface area contributed by atoms with E-state index in [0.717, 1.165) is 24.1 Å². The highest BCUT2D eigenvalue weighted by atomic mass is 32.1. The highest BCUT2D eigenvalue weighted by Gasteiger charge is 2.49. The Balaban J connectivity index is 1.53. The number of nitrogens with zero attached hydrogens (tertiary/aromatic N) is 2. The molecule has 1 aromatic rings. The first-order valence-corrected chi connectivity index (χ1v) is 8.79. The van der Waals surface area contributed by atoms with Gasteiger partial charge in [-0.15, -0.1) is 11.3 Å². The molecular weight excluding hydrogens is 300 g/mol. The SMILES string of the molecule is CN1C[C@@]2(CCN(C(=O)c3scc4c3CCCC4)C2)OC1=O. The molecule has 1 aliphatic carbocycles. The van der Waals surface area contributed by atoms with Crippen LogP contribution in [0.25, 0.3) is 0 Å². The molecule has 0 aromatic carbocycles. The molecule has 6 heteroatoms. The van der Waals surface area contributed by atoms with Crippen LogP contribution in [0.3, 0.4) is 0 Å². The zero-order chi connectivity index (χ0) is 15.3. The lowest BCUT2D eigenvalue weighted by atomic mass is 9.93. The molecule has 1 spiro atoms. The Morgan fingerprint density at radius 3 is 2.91 bits per heavy atom. The first-order chi connectivity index (χ1) is 10.6. The average molecular weight is 320 g/mol. The Kier molecular flexibility index (Phi) is 3.18. The lowest BCUT2D eigenvalue weighted by molar-refractivity contribution is 0.0554. The summed E-state index contributed by atoms with van der Waals surface area (Å²) in [5, 5.41) is 2.15. The standard InChI is InChI=1S/C16H20N2O3S/c1-17-9-16(21-15(17)20)6-7-18(10-16)14(19)13-12-5-3-2-4-11(12)8-22-13/h8H,2-7,9-10H2,1H3/t16-/m1/s1. The van der Waals surface area contributed by atoms with E-state index in [2.05, 4.69) is 5.38 Å². The Morgan fingerprint density at radius 1 is 1.32 bits per heavy atom. The number of ether oxygens (including phenoxy) is 1. The Morgan fingerprint density at radius 2 is 2.14 bits per heavy atom. The van der Waals surface area contributed by atoms with Crippen molar-refractivity contribution in [2.45, 2.75) is 37.7 Å². The molecular formula is C16H20N2O3S. The minimum atomic E-state index is -0.487. The molecule has 4 rings (SSSR count). The summed E-state index contributed by atoms with van der Waals surface area (Å²) in [5.41, 5.74) is 2.14. The Hall–Kier alpha value is -1.56. The van der Waals surface area contributed by atoms with Crippen LogP contribution in [0.5, 0.6) is 0 Å². The van der Waals surface area contributed by atoms with Crippen molar-refractivity contribution in [1.29, 1.82) is 0 Å². The van der Waals surface area contributed by atoms with Gasteiger partial charge in [0.1, 0.15) is 0 Å². The molecule has 22 heavy (non-hydrogen) atoms. The van der Waals surface area contributed by atoms with Crippen molar-refractivity contribution in [2.24, 2.45) is 0 Å². The lowest BCUT2D eigenvalue weighted by Gasteiger charge is -2.22. The van der Waals surface area contributed by atoms with E-state index in [0.29, 0.717) is 19.6 Å². The number of thiophene rings is 1. The topological polar surface area (TPSA) is 49.9 Å². The third-order valence-electron chi connectivity index (χ3n) is 5.04. The van der Waals surface area contributed by atoms with Gasteiger partial charge in [-0.05, 0) is 42.2 Å². The molecule has 5 nitrogen and oxygen atoms in total. The molecule has 0 unspecified atom stereocenters. The van der Waals surface area contributed by atoms with Crippen LogP contribution in [-0.4, -0.2) is 54.1 Å². The van der Waals surface area contributed by atoms with Gasteiger partial charge in [0.05, 0.1) is 18.0 Å². The number of carbonyl (C=O) groups excluding carboxylic acids is 2. The maximum atomic E-state index is 12.9. The Labute approximate surface area is 133 Å². The number of rotatable bonds is 1. The summed E-state index contributed by atoms with van der Waals surface area (Å²) in [5.74, 6) is 0.121. The van der Waals surface area contributed by atoms with Crippen molar-refractivity contribution >= 4 is 23.3 Å². The van der Waals surface area contributed by atoms with Gasteiger partial charge in [0.25, 0.3) is 5.91 Å². The van der Waals surface area contributed by atoms with E-state index in [1.807, 2.05) is 4.90 Å². The first kappa shape index (κ1) is 14.1. The molecule has 118 valence electrons. The van der Waals surface area contributed by atoms with Crippen molar-refractivity contribution in [1.82, 2.24) is 9.80 Å². The predicted molar refractivity (Wildman–Crippen MR) is 83.3 cm³/mol. The number of aryl methyl sites for hydroxylation is 1. The summed E-state index contributed by atoms with van der Waals surface area (Å²) in [6, 6.07) is 0. The number of fused-ring (bicyclic) bond motifs is 1. The summed E-state index contributed by atoms with van der Waals surface area (Å²) in [6.07, 6.45) is 5.00. The van der Waals surface area contributed by atoms with Crippen LogP contribution in [0.4, 0.5) is 4.79 Å². The van der Waals surface area contributed by atoms with Crippen molar-refractivity contribution in [3.8, 4) is 0 Å². The van der Waals surface area contributed by atoms with Crippen LogP contribution in [0.2, 0.25) is 0 Å². The fraction of sp³-hybridized carbons (Fsp3) is 0.625. The molecule has 2 fully saturated rings. The quantitative estimate of drug-likeness (QED) is 0.798. The van der Waals surface area contributed by atoms with Gasteiger partial charge < -0.3 is 14.5 Å². The van der Waals surface area contributed by atoms with Gasteiger partial charge in [-0.25, -0.2) is 4.79 Å². The maximum absolute atomic E-state index is 12.9. The van der Waals surface area contributed by atoms with Crippen molar-refractivity contribution in [3.05, 3.63) is 21.4 Å². The predicted octanol–water partition coefficient (Wildman–Crippen LogP) is 2.29. The number of amides is 2. The van der Waals surface area contributed by atoms with Crippen LogP contribution in [-0.2, 0) is 17.6 Å². The van der Waals surface area contributed by atoms with E-state index in [1.54, 1.807) is 23.3 Å². The molecule has 2 aliphatic heterocycles. The highest BCUT2D eigenvalue weighted by molar-refractivity contribution is 7.12. The third-order valence-corrected chi connectivity index (χ3v) is 6.10. The zero-order valence-electron chi connectivity index (χ0n) is 12.8. The molecule has 3 heterocycles. The average Bonchev–Trinajstić information content (AvgIpc) is 3.17. The summed E-state index contributed by atoms with van der Waals surface area (Å²) >= 11 is 1.58. The number of carbonyl (C=O) groups is 2. The number of hydrogen-bond donors (Lipinski definition) is 0. The van der Waals surface area contributed by atoms with Gasteiger partial charge in [-0.3, -0.25) is 4.79 Å². The Bertz CT molecular complexity index is 641. The summed E-state index contributed by atoms with van der Waals surface area (Å²) in [7, 11) is 1.75. The minimum Gasteiger partial charge on any atom is -0.439 e. The van der Waals surface area contributed by atoms with E-state index in [4.69, 9.17) is 4.74 Å². The second kappa shape index (κ2) is 4.98. The van der Waals surface area contributed by atoms with Crippen LogP contribution in [0.15, 0.2) is 5.38 Å². The zero-order valence-corrected chi connectivity index (χ0v) is 13.6. The maximum Gasteiger partial charge on any atom is 0.410 e. The van der Waals surface area contributed by atoms with Crippen molar-refractivity contribution < 1.29 is 14.3 Å². The fourth-order valence-corrected chi connectivity index (χ4v) is 4.99. The van der Waals surface area contributed by atoms with E-state index in [9.17, 15) is 9.59 Å². The van der Waals surface area contributed by atoms with E-state index in [-0.39, 0.29) is 12.0 Å². The lowest BCUT2D eigenvalue weighted by Crippen LogP contribution is -2.39. The van der Waals surface area contributed by atoms with E-state index in [1.165, 1.54) is 24.0 Å². The largest absolute Gasteiger partial charge is 0.439 e. The van der Waals surface area contributed by atoms with Crippen LogP contribution < -0.4 is 0 Å². The number of likely N-dealkylation sites (N-methyl/N-ethyl adjacent to an activating group) is 1. The van der Waals surface area contributed by atoms with Crippen LogP contribution in [0, 0.1) is 0 Å². The third kappa shape index (κ3) is 2.12. The van der Waals surface area contributed by atoms with Crippen molar-refractivity contribution in [3.63, 3.8) is 0 Å². The molecule has 0 radical (unpaired) electrons. The molecule has 0 N–H and O–H groups in total. The van der Waals surface area contributed by atoms with Gasteiger partial charge in [-0.1, -0.05) is 0 Å². The van der Waals surface area contributed by atoms with Crippen LogP contribution in [0.1, 0.15) is 40.1 Å². The van der Waals surface area contributed by atoms with E-state index < -0.39 is 5.60 Å². The van der Waals surface area contributed by atoms with Crippen LogP contribution >= 0.6 is 11.3 Å². The highest BCUT2D eigenvalue weighted by Crippen LogP contribution is 2.35. The van der Waals surface area contributed by atoms with Gasteiger partial charge >= 0.3 is 6.09 Å². The minimum absolute atomic E-state index is 0.121. The van der Waals surface area contributed by atoms with Gasteiger partial charge in [0.2, 0.25) is 0 Å². The molecule has 0 saturated carbocycles. The normalized spacial score (nSPS) is 27.4. The fourth-order valence-electron chi connectivity index (χ4n) is 3.86. The molecule has 2 amide bonds. The number of likely N-dealkylation sites (tertiary alicyclic amines) is 1. The monoisotopic (exact) mass is 320 g/mol. The summed E-state index contributed by atoms with van der Waals surface area (Å²) in [4.78, 5) is 28.9. The molecule has 1 atom stereocenters. The van der Waals surface area contributed by atoms with Gasteiger partial charge in [0.15, 0.2) is 5.60 Å². The smallest absolute Gasteiger partial charge is 0.410 e. The molecule has 2 saturated heterocycles. The van der Waals surface area contributed by atoms with Gasteiger partial charge in [-0.2, -0.15) is 0 Å². The van der Waals surface area contributed by atoms with Gasteiger partial charge in [0, 0.05) is 20.0 Å². The molecule has 3 aliphatic rings. The number of hydrogen-bond acceptors (Lipinski definition) is 4. The molecule has 0 bridgehead atoms. The second-order valence-corrected chi connectivity index (χ2v) is 7.54. The first-order valence-electron chi connectivity index (χ1n) is 7.91. The van der Waals surface area contributed by atoms with E-state index >= 15 is 0 Å². The molecule has 1 aromatic heterocycles. The second-order valence-electron chi connectivity index (χ2n) is 6.66. The summed E-state index contributed by atoms with van der Waals surface area (Å²) < 4.78 is 5.53. The summed E-state index contributed by atoms with van der Waals surface area (Å²) in [6.45, 7) is 1.78. The van der Waals surface area contributed by atoms with Crippen molar-refractivity contribution in [2.75, 3.05) is 26.7 Å².